The molecule has 1 N–H and O–H groups in total. The van der Waals surface area contributed by atoms with Gasteiger partial charge in [-0.3, -0.25) is 10.1 Å². The van der Waals surface area contributed by atoms with Crippen LogP contribution < -0.4 is 4.74 Å². The molecule has 0 aliphatic rings. The van der Waals surface area contributed by atoms with Gasteiger partial charge >= 0.3 is 11.9 Å². The van der Waals surface area contributed by atoms with Crippen LogP contribution in [-0.2, 0) is 6.18 Å². The van der Waals surface area contributed by atoms with Gasteiger partial charge in [-0.15, -0.1) is 0 Å². The first-order valence-corrected chi connectivity index (χ1v) is 6.57. The van der Waals surface area contributed by atoms with E-state index in [-0.39, 0.29) is 22.8 Å². The molecule has 0 amide bonds. The first-order valence-electron chi connectivity index (χ1n) is 6.57. The van der Waals surface area contributed by atoms with Gasteiger partial charge in [0.15, 0.2) is 5.75 Å². The fraction of sp³-hybridized carbons (Fsp3) is 0.357. The molecule has 0 saturated carbocycles. The Bertz CT molecular complexity index is 733. The van der Waals surface area contributed by atoms with Crippen LogP contribution in [0.25, 0.3) is 11.4 Å². The SMILES string of the molecule is CC(C)(C)Oc1ccc(-c2ncc(C(F)(F)F)[nH]2)cc1[N+](=O)[O-]. The lowest BCUT2D eigenvalue weighted by atomic mass is 10.1. The number of benzene rings is 1. The maximum absolute atomic E-state index is 12.6. The van der Waals surface area contributed by atoms with E-state index in [1.165, 1.54) is 12.1 Å². The summed E-state index contributed by atoms with van der Waals surface area (Å²) in [6.07, 6.45) is -3.92. The summed E-state index contributed by atoms with van der Waals surface area (Å²) in [6, 6.07) is 3.88. The van der Waals surface area contributed by atoms with E-state index in [0.717, 1.165) is 6.07 Å². The molecule has 1 heterocycles. The molecule has 0 spiro atoms. The van der Waals surface area contributed by atoms with E-state index in [4.69, 9.17) is 4.74 Å². The smallest absolute Gasteiger partial charge is 0.432 e. The van der Waals surface area contributed by atoms with Crippen molar-refractivity contribution >= 4 is 5.69 Å². The maximum atomic E-state index is 12.6. The minimum absolute atomic E-state index is 0.0360. The molecule has 2 rings (SSSR count). The second-order valence-corrected chi connectivity index (χ2v) is 5.80. The Labute approximate surface area is 129 Å². The molecule has 23 heavy (non-hydrogen) atoms. The number of hydrogen-bond acceptors (Lipinski definition) is 4. The van der Waals surface area contributed by atoms with Crippen molar-refractivity contribution in [2.75, 3.05) is 0 Å². The molecule has 0 saturated heterocycles. The lowest BCUT2D eigenvalue weighted by Crippen LogP contribution is -2.23. The van der Waals surface area contributed by atoms with Gasteiger partial charge in [0.1, 0.15) is 17.1 Å². The number of aromatic nitrogens is 2. The van der Waals surface area contributed by atoms with Crippen LogP contribution in [0.15, 0.2) is 24.4 Å². The van der Waals surface area contributed by atoms with Gasteiger partial charge in [0.05, 0.1) is 11.1 Å². The van der Waals surface area contributed by atoms with Gasteiger partial charge in [-0.1, -0.05) is 0 Å². The highest BCUT2D eigenvalue weighted by molar-refractivity contribution is 5.64. The third-order valence-electron chi connectivity index (χ3n) is 2.73. The largest absolute Gasteiger partial charge is 0.481 e. The number of alkyl halides is 3. The van der Waals surface area contributed by atoms with Crippen LogP contribution in [0, 0.1) is 10.1 Å². The normalized spacial score (nSPS) is 12.3. The highest BCUT2D eigenvalue weighted by Crippen LogP contribution is 2.35. The molecule has 6 nitrogen and oxygen atoms in total. The summed E-state index contributed by atoms with van der Waals surface area (Å²) in [4.78, 5) is 16.2. The van der Waals surface area contributed by atoms with Gasteiger partial charge in [0, 0.05) is 11.6 Å². The molecular weight excluding hydrogens is 315 g/mol. The van der Waals surface area contributed by atoms with Crippen molar-refractivity contribution in [2.45, 2.75) is 32.5 Å². The molecule has 1 aromatic carbocycles. The number of nitrogens with one attached hydrogen (secondary N) is 1. The van der Waals surface area contributed by atoms with E-state index in [2.05, 4.69) is 9.97 Å². The molecule has 0 aliphatic carbocycles. The van der Waals surface area contributed by atoms with Gasteiger partial charge in [0.25, 0.3) is 0 Å². The van der Waals surface area contributed by atoms with Crippen LogP contribution in [0.3, 0.4) is 0 Å². The number of H-pyrrole nitrogens is 1. The van der Waals surface area contributed by atoms with Crippen molar-refractivity contribution in [1.29, 1.82) is 0 Å². The topological polar surface area (TPSA) is 81.0 Å². The van der Waals surface area contributed by atoms with Crippen LogP contribution in [0.4, 0.5) is 18.9 Å². The Morgan fingerprint density at radius 3 is 2.39 bits per heavy atom. The highest BCUT2D eigenvalue weighted by atomic mass is 19.4. The fourth-order valence-electron chi connectivity index (χ4n) is 1.84. The summed E-state index contributed by atoms with van der Waals surface area (Å²) >= 11 is 0. The van der Waals surface area contributed by atoms with Gasteiger partial charge in [0.2, 0.25) is 0 Å². The zero-order chi connectivity index (χ0) is 17.4. The summed E-state index contributed by atoms with van der Waals surface area (Å²) in [7, 11) is 0. The summed E-state index contributed by atoms with van der Waals surface area (Å²) in [5.41, 5.74) is -1.86. The second-order valence-electron chi connectivity index (χ2n) is 5.80. The van der Waals surface area contributed by atoms with Gasteiger partial charge in [-0.25, -0.2) is 4.98 Å². The molecule has 1 aromatic heterocycles. The quantitative estimate of drug-likeness (QED) is 0.676. The highest BCUT2D eigenvalue weighted by Gasteiger charge is 2.33. The molecule has 0 atom stereocenters. The third kappa shape index (κ3) is 3.99. The predicted octanol–water partition coefficient (Wildman–Crippen LogP) is 4.18. The molecule has 124 valence electrons. The van der Waals surface area contributed by atoms with E-state index in [9.17, 15) is 23.3 Å². The molecule has 0 aliphatic heterocycles. The van der Waals surface area contributed by atoms with E-state index in [1.807, 2.05) is 0 Å². The van der Waals surface area contributed by atoms with E-state index in [1.54, 1.807) is 20.8 Å². The van der Waals surface area contributed by atoms with Crippen LogP contribution >= 0.6 is 0 Å². The zero-order valence-electron chi connectivity index (χ0n) is 12.6. The van der Waals surface area contributed by atoms with Crippen LogP contribution in [0.5, 0.6) is 5.75 Å². The Hall–Kier alpha value is -2.58. The average Bonchev–Trinajstić information content (AvgIpc) is 2.86. The second kappa shape index (κ2) is 5.56. The van der Waals surface area contributed by atoms with E-state index in [0.29, 0.717) is 6.20 Å². The van der Waals surface area contributed by atoms with Gasteiger partial charge in [-0.2, -0.15) is 13.2 Å². The van der Waals surface area contributed by atoms with Crippen LogP contribution in [0.2, 0.25) is 0 Å². The number of aromatic amines is 1. The summed E-state index contributed by atoms with van der Waals surface area (Å²) in [5, 5.41) is 11.2. The molecule has 0 fully saturated rings. The van der Waals surface area contributed by atoms with Crippen molar-refractivity contribution in [3.63, 3.8) is 0 Å². The summed E-state index contributed by atoms with van der Waals surface area (Å²) < 4.78 is 43.2. The predicted molar refractivity (Wildman–Crippen MR) is 76.1 cm³/mol. The molecule has 0 bridgehead atoms. The Kier molecular flexibility index (Phi) is 4.06. The van der Waals surface area contributed by atoms with Crippen LogP contribution in [0.1, 0.15) is 26.5 Å². The van der Waals surface area contributed by atoms with Crippen molar-refractivity contribution in [1.82, 2.24) is 9.97 Å². The number of hydrogen-bond donors (Lipinski definition) is 1. The number of imidazole rings is 1. The Morgan fingerprint density at radius 1 is 1.26 bits per heavy atom. The minimum atomic E-state index is -4.56. The molecule has 2 aromatic rings. The van der Waals surface area contributed by atoms with Gasteiger partial charge in [-0.05, 0) is 32.9 Å². The lowest BCUT2D eigenvalue weighted by molar-refractivity contribution is -0.386. The number of nitro groups is 1. The first kappa shape index (κ1) is 16.8. The van der Waals surface area contributed by atoms with E-state index >= 15 is 0 Å². The molecule has 0 unspecified atom stereocenters. The number of nitrogens with zero attached hydrogens (tertiary/aromatic N) is 2. The van der Waals surface area contributed by atoms with Crippen LogP contribution in [-0.4, -0.2) is 20.5 Å². The fourth-order valence-corrected chi connectivity index (χ4v) is 1.84. The van der Waals surface area contributed by atoms with Gasteiger partial charge < -0.3 is 9.72 Å². The minimum Gasteiger partial charge on any atom is -0.481 e. The van der Waals surface area contributed by atoms with Crippen molar-refractivity contribution in [3.05, 3.63) is 40.2 Å². The molecular formula is C14H14F3N3O3. The van der Waals surface area contributed by atoms with Crippen molar-refractivity contribution < 1.29 is 22.8 Å². The number of rotatable bonds is 3. The summed E-state index contributed by atoms with van der Waals surface area (Å²) in [5.74, 6) is -0.0726. The molecule has 0 radical (unpaired) electrons. The van der Waals surface area contributed by atoms with E-state index < -0.39 is 22.4 Å². The standard InChI is InChI=1S/C14H14F3N3O3/c1-13(2,3)23-10-5-4-8(6-9(10)20(21)22)12-18-7-11(19-12)14(15,16)17/h4-7H,1-3H3,(H,18,19). The van der Waals surface area contributed by atoms with Crippen molar-refractivity contribution in [2.24, 2.45) is 0 Å². The summed E-state index contributed by atoms with van der Waals surface area (Å²) in [6.45, 7) is 5.19. The maximum Gasteiger partial charge on any atom is 0.432 e. The number of nitro benzene ring substituents is 1. The van der Waals surface area contributed by atoms with Crippen molar-refractivity contribution in [3.8, 4) is 17.1 Å². The Morgan fingerprint density at radius 2 is 1.91 bits per heavy atom. The average molecular weight is 329 g/mol. The lowest BCUT2D eigenvalue weighted by Gasteiger charge is -2.21. The molecule has 9 heteroatoms. The first-order chi connectivity index (χ1) is 10.5. The zero-order valence-corrected chi connectivity index (χ0v) is 12.6. The Balaban J connectivity index is 2.44. The number of halogens is 3. The monoisotopic (exact) mass is 329 g/mol. The number of ether oxygens (including phenoxy) is 1. The third-order valence-corrected chi connectivity index (χ3v) is 2.73.